The molecule has 10 heteroatoms. The van der Waals surface area contributed by atoms with Gasteiger partial charge in [0.2, 0.25) is 0 Å². The Hall–Kier alpha value is -2.69. The summed E-state index contributed by atoms with van der Waals surface area (Å²) >= 11 is 0. The number of carboxylic acids is 1. The van der Waals surface area contributed by atoms with Crippen LogP contribution in [0.25, 0.3) is 11.1 Å². The summed E-state index contributed by atoms with van der Waals surface area (Å²) in [7, 11) is -4.25. The van der Waals surface area contributed by atoms with Crippen LogP contribution in [0.4, 0.5) is 0 Å². The summed E-state index contributed by atoms with van der Waals surface area (Å²) in [6.45, 7) is 0.942. The van der Waals surface area contributed by atoms with Gasteiger partial charge in [-0.1, -0.05) is 12.1 Å². The first-order valence-electron chi connectivity index (χ1n) is 6.91. The van der Waals surface area contributed by atoms with Gasteiger partial charge in [0.05, 0.1) is 13.1 Å². The van der Waals surface area contributed by atoms with Crippen molar-refractivity contribution in [2.75, 3.05) is 13.1 Å². The van der Waals surface area contributed by atoms with E-state index in [1.54, 1.807) is 18.2 Å². The largest absolute Gasteiger partial charge is 0.477 e. The van der Waals surface area contributed by atoms with Crippen LogP contribution in [0.15, 0.2) is 36.5 Å². The number of carbonyl (C=O) groups excluding carboxylic acids is 1. The number of quaternary nitrogens is 1. The molecule has 1 aromatic heterocycles. The van der Waals surface area contributed by atoms with Gasteiger partial charge >= 0.3 is 16.2 Å². The zero-order chi connectivity index (χ0) is 17.9. The molecule has 0 atom stereocenters. The topological polar surface area (TPSA) is 159 Å². The molecular weight excluding hydrogens is 336 g/mol. The predicted octanol–water partition coefficient (Wildman–Crippen LogP) is -1.12. The van der Waals surface area contributed by atoms with Crippen molar-refractivity contribution in [2.45, 2.75) is 0 Å². The van der Waals surface area contributed by atoms with Crippen molar-refractivity contribution in [3.8, 4) is 11.1 Å². The lowest BCUT2D eigenvalue weighted by molar-refractivity contribution is -0.364. The van der Waals surface area contributed by atoms with Crippen LogP contribution in [0.5, 0.6) is 0 Å². The normalized spacial score (nSPS) is 11.2. The highest BCUT2D eigenvalue weighted by Crippen LogP contribution is 2.26. The Labute approximate surface area is 138 Å². The number of hydrogen-bond donors (Lipinski definition) is 4. The van der Waals surface area contributed by atoms with E-state index in [9.17, 15) is 23.1 Å². The summed E-state index contributed by atoms with van der Waals surface area (Å²) in [5.41, 5.74) is 3.98. The fourth-order valence-corrected chi connectivity index (χ4v) is 2.86. The monoisotopic (exact) mass is 353 g/mol. The van der Waals surface area contributed by atoms with E-state index in [1.807, 2.05) is 0 Å². The zero-order valence-corrected chi connectivity index (χ0v) is 13.4. The minimum absolute atomic E-state index is 0.142. The van der Waals surface area contributed by atoms with Gasteiger partial charge in [-0.25, -0.2) is 13.9 Å². The molecule has 9 nitrogen and oxygen atoms in total. The van der Waals surface area contributed by atoms with E-state index in [-0.39, 0.29) is 11.5 Å². The molecule has 0 unspecified atom stereocenters. The highest BCUT2D eigenvalue weighted by molar-refractivity contribution is 7.87. The number of carbonyl (C=O) groups is 2. The molecule has 128 valence electrons. The second kappa shape index (κ2) is 6.83. The molecule has 0 aliphatic rings. The lowest BCUT2D eigenvalue weighted by Gasteiger charge is -2.07. The van der Waals surface area contributed by atoms with Crippen LogP contribution in [0.1, 0.15) is 20.8 Å². The Morgan fingerprint density at radius 2 is 2.00 bits per heavy atom. The van der Waals surface area contributed by atoms with Gasteiger partial charge in [0.1, 0.15) is 0 Å². The van der Waals surface area contributed by atoms with Crippen molar-refractivity contribution < 1.29 is 28.8 Å². The number of hydrogen-bond acceptors (Lipinski definition) is 4. The van der Waals surface area contributed by atoms with E-state index < -0.39 is 21.9 Å². The van der Waals surface area contributed by atoms with Gasteiger partial charge in [-0.2, -0.15) is 8.42 Å². The molecule has 1 amide bonds. The lowest BCUT2D eigenvalue weighted by Crippen LogP contribution is -2.54. The number of aromatic nitrogens is 1. The molecular formula is C14H17N4O5S+. The van der Waals surface area contributed by atoms with Crippen LogP contribution in [-0.4, -0.2) is 42.5 Å². The van der Waals surface area contributed by atoms with Crippen molar-refractivity contribution in [1.82, 2.24) is 9.29 Å². The summed E-state index contributed by atoms with van der Waals surface area (Å²) in [4.78, 5) is 23.5. The molecule has 0 aliphatic carbocycles. The highest BCUT2D eigenvalue weighted by atomic mass is 32.2. The second-order valence-electron chi connectivity index (χ2n) is 4.91. The average molecular weight is 353 g/mol. The maximum atomic E-state index is 12.0. The zero-order valence-electron chi connectivity index (χ0n) is 12.6. The fourth-order valence-electron chi connectivity index (χ4n) is 2.20. The third-order valence-corrected chi connectivity index (χ3v) is 4.08. The van der Waals surface area contributed by atoms with Crippen LogP contribution >= 0.6 is 0 Å². The van der Waals surface area contributed by atoms with Gasteiger partial charge < -0.3 is 16.2 Å². The Balaban J connectivity index is 2.52. The van der Waals surface area contributed by atoms with Crippen molar-refractivity contribution >= 4 is 22.1 Å². The van der Waals surface area contributed by atoms with E-state index in [1.165, 1.54) is 12.1 Å². The number of carboxylic acid groups (broad SMARTS) is 1. The lowest BCUT2D eigenvalue weighted by atomic mass is 10.0. The number of benzene rings is 1. The molecule has 1 heterocycles. The molecule has 0 saturated carbocycles. The molecule has 0 radical (unpaired) electrons. The van der Waals surface area contributed by atoms with Gasteiger partial charge in [0.25, 0.3) is 5.91 Å². The van der Waals surface area contributed by atoms with Crippen LogP contribution in [-0.2, 0) is 10.2 Å². The smallest absolute Gasteiger partial charge is 0.354 e. The third kappa shape index (κ3) is 3.62. The van der Waals surface area contributed by atoms with Crippen molar-refractivity contribution in [1.29, 1.82) is 0 Å². The molecule has 0 bridgehead atoms. The Morgan fingerprint density at radius 1 is 1.29 bits per heavy atom. The molecule has 7 N–H and O–H groups in total. The number of rotatable bonds is 6. The third-order valence-electron chi connectivity index (χ3n) is 3.23. The average Bonchev–Trinajstić information content (AvgIpc) is 2.98. The summed E-state index contributed by atoms with van der Waals surface area (Å²) < 4.78 is 23.5. The molecule has 0 saturated heterocycles. The van der Waals surface area contributed by atoms with Crippen LogP contribution in [0.3, 0.4) is 0 Å². The first-order chi connectivity index (χ1) is 11.3. The first kappa shape index (κ1) is 17.7. The maximum Gasteiger partial charge on any atom is 0.354 e. The Morgan fingerprint density at radius 3 is 2.58 bits per heavy atom. The Bertz CT molecular complexity index is 888. The van der Waals surface area contributed by atoms with Gasteiger partial charge in [-0.15, -0.1) is 0 Å². The van der Waals surface area contributed by atoms with Crippen LogP contribution < -0.4 is 16.2 Å². The Kier molecular flexibility index (Phi) is 5.02. The van der Waals surface area contributed by atoms with E-state index in [0.717, 1.165) is 6.20 Å². The van der Waals surface area contributed by atoms with E-state index in [0.29, 0.717) is 28.2 Å². The van der Waals surface area contributed by atoms with Gasteiger partial charge in [-0.05, 0) is 23.8 Å². The van der Waals surface area contributed by atoms with Crippen LogP contribution in [0.2, 0.25) is 0 Å². The van der Waals surface area contributed by atoms with Gasteiger partial charge in [0.15, 0.2) is 5.69 Å². The summed E-state index contributed by atoms with van der Waals surface area (Å²) in [6, 6.07) is 7.52. The molecule has 1 aromatic carbocycles. The minimum atomic E-state index is -4.25. The van der Waals surface area contributed by atoms with Crippen LogP contribution in [0, 0.1) is 0 Å². The molecule has 2 aromatic rings. The van der Waals surface area contributed by atoms with Crippen molar-refractivity contribution in [3.05, 3.63) is 47.8 Å². The molecule has 0 spiro atoms. The SMILES string of the molecule is NS(=O)(=O)n1ccc(-c2cccc(C(=O)NCC[NH3+])c2)c1C(=O)O. The predicted molar refractivity (Wildman–Crippen MR) is 85.4 cm³/mol. The van der Waals surface area contributed by atoms with Crippen molar-refractivity contribution in [2.24, 2.45) is 5.14 Å². The molecule has 0 aliphatic heterocycles. The van der Waals surface area contributed by atoms with Crippen molar-refractivity contribution in [3.63, 3.8) is 0 Å². The summed E-state index contributed by atoms with van der Waals surface area (Å²) in [5, 5.41) is 17.0. The second-order valence-corrected chi connectivity index (χ2v) is 6.34. The standard InChI is InChI=1S/C14H16N4O5S/c15-5-6-17-13(19)10-3-1-2-9(8-10)11-4-7-18(24(16,22)23)12(11)14(20)21/h1-4,7-8H,5-6,15H2,(H,17,19)(H,20,21)(H2,16,22,23)/p+1. The van der Waals surface area contributed by atoms with E-state index in [4.69, 9.17) is 5.14 Å². The summed E-state index contributed by atoms with van der Waals surface area (Å²) in [5.74, 6) is -1.78. The number of nitrogens with two attached hydrogens (primary N) is 1. The quantitative estimate of drug-likeness (QED) is 0.516. The van der Waals surface area contributed by atoms with Gasteiger partial charge in [0, 0.05) is 17.3 Å². The number of aromatic carboxylic acids is 1. The van der Waals surface area contributed by atoms with E-state index in [2.05, 4.69) is 11.1 Å². The number of nitrogens with zero attached hydrogens (tertiary/aromatic N) is 1. The first-order valence-corrected chi connectivity index (χ1v) is 8.42. The molecule has 0 fully saturated rings. The fraction of sp³-hybridized carbons (Fsp3) is 0.143. The summed E-state index contributed by atoms with van der Waals surface area (Å²) in [6.07, 6.45) is 1.06. The minimum Gasteiger partial charge on any atom is -0.477 e. The van der Waals surface area contributed by atoms with E-state index >= 15 is 0 Å². The maximum absolute atomic E-state index is 12.0. The highest BCUT2D eigenvalue weighted by Gasteiger charge is 2.23. The molecule has 24 heavy (non-hydrogen) atoms. The number of amides is 1. The number of nitrogens with one attached hydrogen (secondary N) is 1. The molecule has 2 rings (SSSR count). The van der Waals surface area contributed by atoms with Gasteiger partial charge in [-0.3, -0.25) is 4.79 Å².